The molecule has 1 aromatic rings. The maximum Gasteiger partial charge on any atom is 0.323 e. The number of esters is 2. The van der Waals surface area contributed by atoms with Crippen molar-refractivity contribution in [2.24, 2.45) is 5.41 Å². The van der Waals surface area contributed by atoms with E-state index in [1.54, 1.807) is 19.1 Å². The molecule has 0 saturated heterocycles. The molecular weight excluding hydrogens is 272 g/mol. The lowest BCUT2D eigenvalue weighted by atomic mass is 9.86. The van der Waals surface area contributed by atoms with E-state index >= 15 is 0 Å². The molecule has 1 unspecified atom stereocenters. The van der Waals surface area contributed by atoms with Crippen molar-refractivity contribution >= 4 is 11.9 Å². The fourth-order valence-electron chi connectivity index (χ4n) is 1.83. The predicted molar refractivity (Wildman–Crippen MR) is 77.6 cm³/mol. The lowest BCUT2D eigenvalue weighted by molar-refractivity contribution is -0.169. The average Bonchev–Trinajstić information content (AvgIpc) is 2.47. The summed E-state index contributed by atoms with van der Waals surface area (Å²) in [6.07, 6.45) is -0.0204. The molecule has 0 aliphatic rings. The summed E-state index contributed by atoms with van der Waals surface area (Å²) in [6, 6.07) is 8.99. The van der Waals surface area contributed by atoms with E-state index in [-0.39, 0.29) is 18.8 Å². The van der Waals surface area contributed by atoms with Gasteiger partial charge in [-0.1, -0.05) is 24.8 Å². The number of carbonyl (C=O) groups is 2. The SMILES string of the molecule is C=C(CC(C)(C(=O)OC)C(=O)OCC)Oc1ccccc1. The van der Waals surface area contributed by atoms with Crippen LogP contribution in [0.4, 0.5) is 0 Å². The number of carbonyl (C=O) groups excluding carboxylic acids is 2. The Morgan fingerprint density at radius 1 is 1.19 bits per heavy atom. The van der Waals surface area contributed by atoms with Gasteiger partial charge in [0.25, 0.3) is 0 Å². The molecule has 0 fully saturated rings. The van der Waals surface area contributed by atoms with Gasteiger partial charge in [0.05, 0.1) is 19.5 Å². The largest absolute Gasteiger partial charge is 0.468 e. The lowest BCUT2D eigenvalue weighted by Gasteiger charge is -2.25. The summed E-state index contributed by atoms with van der Waals surface area (Å²) in [4.78, 5) is 24.0. The molecule has 5 nitrogen and oxygen atoms in total. The van der Waals surface area contributed by atoms with E-state index in [1.807, 2.05) is 18.2 Å². The number of hydrogen-bond donors (Lipinski definition) is 0. The van der Waals surface area contributed by atoms with Crippen molar-refractivity contribution in [3.63, 3.8) is 0 Å². The number of rotatable bonds is 7. The second kappa shape index (κ2) is 7.47. The van der Waals surface area contributed by atoms with Gasteiger partial charge in [0.15, 0.2) is 5.41 Å². The molecule has 114 valence electrons. The van der Waals surface area contributed by atoms with Crippen LogP contribution in [0.1, 0.15) is 20.3 Å². The third-order valence-electron chi connectivity index (χ3n) is 2.92. The van der Waals surface area contributed by atoms with Gasteiger partial charge in [-0.3, -0.25) is 9.59 Å². The van der Waals surface area contributed by atoms with Crippen molar-refractivity contribution in [1.82, 2.24) is 0 Å². The number of hydrogen-bond acceptors (Lipinski definition) is 5. The van der Waals surface area contributed by atoms with Crippen LogP contribution in [0.2, 0.25) is 0 Å². The molecule has 0 aromatic heterocycles. The smallest absolute Gasteiger partial charge is 0.323 e. The van der Waals surface area contributed by atoms with Gasteiger partial charge >= 0.3 is 11.9 Å². The number of benzene rings is 1. The standard InChI is InChI=1S/C16H20O5/c1-5-20-15(18)16(3,14(17)19-4)11-12(2)21-13-9-7-6-8-10-13/h6-10H,2,5,11H2,1,3-4H3. The molecule has 0 N–H and O–H groups in total. The third kappa shape index (κ3) is 4.34. The number of allylic oxidation sites excluding steroid dienone is 1. The Hall–Kier alpha value is -2.30. The van der Waals surface area contributed by atoms with Crippen LogP contribution >= 0.6 is 0 Å². The molecule has 1 rings (SSSR count). The minimum Gasteiger partial charge on any atom is -0.468 e. The van der Waals surface area contributed by atoms with Crippen LogP contribution < -0.4 is 4.74 Å². The molecule has 1 aromatic carbocycles. The highest BCUT2D eigenvalue weighted by molar-refractivity contribution is 5.99. The third-order valence-corrected chi connectivity index (χ3v) is 2.92. The lowest BCUT2D eigenvalue weighted by Crippen LogP contribution is -2.39. The molecule has 0 aliphatic carbocycles. The topological polar surface area (TPSA) is 61.8 Å². The second-order valence-corrected chi connectivity index (χ2v) is 4.67. The van der Waals surface area contributed by atoms with Crippen molar-refractivity contribution in [2.45, 2.75) is 20.3 Å². The quantitative estimate of drug-likeness (QED) is 0.439. The van der Waals surface area contributed by atoms with E-state index in [0.717, 1.165) is 0 Å². The first kappa shape index (κ1) is 16.8. The van der Waals surface area contributed by atoms with Crippen LogP contribution in [-0.4, -0.2) is 25.7 Å². The second-order valence-electron chi connectivity index (χ2n) is 4.67. The summed E-state index contributed by atoms with van der Waals surface area (Å²) in [5.74, 6) is -0.478. The predicted octanol–water partition coefficient (Wildman–Crippen LogP) is 2.71. The minimum atomic E-state index is -1.48. The maximum atomic E-state index is 12.0. The van der Waals surface area contributed by atoms with E-state index in [9.17, 15) is 9.59 Å². The highest BCUT2D eigenvalue weighted by Gasteiger charge is 2.45. The molecule has 1 atom stereocenters. The monoisotopic (exact) mass is 292 g/mol. The Labute approximate surface area is 124 Å². The minimum absolute atomic E-state index is 0.0204. The van der Waals surface area contributed by atoms with Gasteiger partial charge in [-0.25, -0.2) is 0 Å². The summed E-state index contributed by atoms with van der Waals surface area (Å²) in [5, 5.41) is 0. The summed E-state index contributed by atoms with van der Waals surface area (Å²) >= 11 is 0. The van der Waals surface area contributed by atoms with E-state index in [2.05, 4.69) is 6.58 Å². The van der Waals surface area contributed by atoms with E-state index in [0.29, 0.717) is 5.75 Å². The number of para-hydroxylation sites is 1. The summed E-state index contributed by atoms with van der Waals surface area (Å²) < 4.78 is 15.2. The van der Waals surface area contributed by atoms with Crippen LogP contribution in [0.15, 0.2) is 42.7 Å². The van der Waals surface area contributed by atoms with Gasteiger partial charge in [0.1, 0.15) is 5.75 Å². The summed E-state index contributed by atoms with van der Waals surface area (Å²) in [7, 11) is 1.22. The van der Waals surface area contributed by atoms with E-state index in [4.69, 9.17) is 14.2 Å². The van der Waals surface area contributed by atoms with Crippen LogP contribution in [-0.2, 0) is 19.1 Å². The molecular formula is C16H20O5. The Bertz CT molecular complexity index is 509. The normalized spacial score (nSPS) is 12.9. The van der Waals surface area contributed by atoms with Gasteiger partial charge in [0, 0.05) is 6.42 Å². The summed E-state index contributed by atoms with van der Waals surface area (Å²) in [6.45, 7) is 7.06. The highest BCUT2D eigenvalue weighted by atomic mass is 16.6. The van der Waals surface area contributed by atoms with Crippen molar-refractivity contribution in [3.8, 4) is 5.75 Å². The Morgan fingerprint density at radius 3 is 2.33 bits per heavy atom. The fourth-order valence-corrected chi connectivity index (χ4v) is 1.83. The van der Waals surface area contributed by atoms with Crippen molar-refractivity contribution in [3.05, 3.63) is 42.7 Å². The molecule has 5 heteroatoms. The fraction of sp³-hybridized carbons (Fsp3) is 0.375. The first-order chi connectivity index (χ1) is 9.93. The molecule has 0 amide bonds. The van der Waals surface area contributed by atoms with Gasteiger partial charge in [0.2, 0.25) is 0 Å². The van der Waals surface area contributed by atoms with Crippen LogP contribution in [0.3, 0.4) is 0 Å². The van der Waals surface area contributed by atoms with E-state index < -0.39 is 17.4 Å². The number of ether oxygens (including phenoxy) is 3. The van der Waals surface area contributed by atoms with Gasteiger partial charge in [-0.2, -0.15) is 0 Å². The molecule has 0 aliphatic heterocycles. The van der Waals surface area contributed by atoms with Crippen LogP contribution in [0, 0.1) is 5.41 Å². The first-order valence-electron chi connectivity index (χ1n) is 6.60. The van der Waals surface area contributed by atoms with Crippen LogP contribution in [0.5, 0.6) is 5.75 Å². The Kier molecular flexibility index (Phi) is 5.96. The van der Waals surface area contributed by atoms with Gasteiger partial charge in [-0.05, 0) is 26.0 Å². The zero-order valence-electron chi connectivity index (χ0n) is 12.5. The van der Waals surface area contributed by atoms with Crippen LogP contribution in [0.25, 0.3) is 0 Å². The first-order valence-corrected chi connectivity index (χ1v) is 6.60. The molecule has 0 bridgehead atoms. The van der Waals surface area contributed by atoms with Crippen molar-refractivity contribution in [1.29, 1.82) is 0 Å². The molecule has 0 saturated carbocycles. The zero-order chi connectivity index (χ0) is 15.9. The zero-order valence-corrected chi connectivity index (χ0v) is 12.5. The molecule has 0 radical (unpaired) electrons. The van der Waals surface area contributed by atoms with Crippen molar-refractivity contribution < 1.29 is 23.8 Å². The highest BCUT2D eigenvalue weighted by Crippen LogP contribution is 2.30. The number of methoxy groups -OCH3 is 1. The van der Waals surface area contributed by atoms with E-state index in [1.165, 1.54) is 14.0 Å². The Balaban J connectivity index is 2.84. The van der Waals surface area contributed by atoms with Crippen molar-refractivity contribution in [2.75, 3.05) is 13.7 Å². The Morgan fingerprint density at radius 2 is 1.81 bits per heavy atom. The molecule has 21 heavy (non-hydrogen) atoms. The van der Waals surface area contributed by atoms with Gasteiger partial charge in [-0.15, -0.1) is 0 Å². The van der Waals surface area contributed by atoms with Gasteiger partial charge < -0.3 is 14.2 Å². The molecule has 0 heterocycles. The maximum absolute atomic E-state index is 12.0. The molecule has 0 spiro atoms. The summed E-state index contributed by atoms with van der Waals surface area (Å²) in [5.41, 5.74) is -1.48. The average molecular weight is 292 g/mol.